The van der Waals surface area contributed by atoms with E-state index in [1.807, 2.05) is 0 Å². The Bertz CT molecular complexity index is 3720. The van der Waals surface area contributed by atoms with Gasteiger partial charge in [0.05, 0.1) is 17.1 Å². The first-order valence-corrected chi connectivity index (χ1v) is 18.3. The third kappa shape index (κ3) is 4.54. The minimum Gasteiger partial charge on any atom is -0.456 e. The summed E-state index contributed by atoms with van der Waals surface area (Å²) in [5.41, 5.74) is 0.431. The van der Waals surface area contributed by atoms with Gasteiger partial charge < -0.3 is 14.2 Å². The highest BCUT2D eigenvalue weighted by atomic mass is 32.1. The number of furan rings is 1. The summed E-state index contributed by atoms with van der Waals surface area (Å²) < 4.78 is 191. The Kier molecular flexibility index (Phi) is 3.78. The standard InChI is InChI=1S/C49H45BN2OS/c1-24-12-29(6)44(30(7)13-24)51-39-22-35-36-18-26(3)16-33(10)47(36)53-42(35)23-38(39)50-43-40(51)20-28(5)21-41(43)52(45-31(8)14-25(2)15-32(45)9)46-37-19-27(4)17-34(11)48(37)54-49(46)50/h12-23H,1-11H3/i2D3,4D3,5D3,6D3,7D3,8D3,10D3. The molecule has 54 heavy (non-hydrogen) atoms. The summed E-state index contributed by atoms with van der Waals surface area (Å²) in [6, 6.07) is 17.3. The van der Waals surface area contributed by atoms with Crippen molar-refractivity contribution in [3.05, 3.63) is 134 Å². The van der Waals surface area contributed by atoms with Crippen molar-refractivity contribution in [3.63, 3.8) is 0 Å². The van der Waals surface area contributed by atoms with E-state index in [1.54, 1.807) is 39.0 Å². The molecule has 0 N–H and O–H groups in total. The van der Waals surface area contributed by atoms with E-state index in [1.165, 1.54) is 76.6 Å². The van der Waals surface area contributed by atoms with Gasteiger partial charge in [0, 0.05) is 71.5 Å². The molecule has 8 aromatic rings. The van der Waals surface area contributed by atoms with Crippen molar-refractivity contribution in [2.24, 2.45) is 0 Å². The van der Waals surface area contributed by atoms with Gasteiger partial charge in [-0.3, -0.25) is 0 Å². The van der Waals surface area contributed by atoms with Crippen molar-refractivity contribution in [2.75, 3.05) is 9.80 Å². The van der Waals surface area contributed by atoms with Crippen LogP contribution in [0.25, 0.3) is 32.0 Å². The Morgan fingerprint density at radius 2 is 1.07 bits per heavy atom. The van der Waals surface area contributed by atoms with Crippen molar-refractivity contribution in [1.29, 1.82) is 0 Å². The molecule has 0 radical (unpaired) electrons. The van der Waals surface area contributed by atoms with Crippen LogP contribution in [0.2, 0.25) is 0 Å². The zero-order valence-corrected chi connectivity index (χ0v) is 30.5. The van der Waals surface area contributed by atoms with E-state index in [0.29, 0.717) is 47.8 Å². The smallest absolute Gasteiger partial charge is 0.264 e. The lowest BCUT2D eigenvalue weighted by Gasteiger charge is -2.44. The molecule has 5 heteroatoms. The zero-order chi connectivity index (χ0) is 55.1. The molecule has 0 aliphatic carbocycles. The molecule has 0 atom stereocenters. The molecule has 6 aromatic carbocycles. The van der Waals surface area contributed by atoms with Crippen LogP contribution >= 0.6 is 11.3 Å². The molecule has 4 heterocycles. The first kappa shape index (κ1) is 17.9. The van der Waals surface area contributed by atoms with Crippen LogP contribution in [0.4, 0.5) is 34.1 Å². The van der Waals surface area contributed by atoms with Crippen molar-refractivity contribution in [1.82, 2.24) is 0 Å². The Labute approximate surface area is 352 Å². The topological polar surface area (TPSA) is 19.6 Å². The minimum absolute atomic E-state index is 0.00250. The van der Waals surface area contributed by atoms with Crippen LogP contribution in [0.3, 0.4) is 0 Å². The lowest BCUT2D eigenvalue weighted by atomic mass is 9.36. The molecule has 0 bridgehead atoms. The number of hydrogen-bond acceptors (Lipinski definition) is 4. The number of aryl methyl sites for hydroxylation is 11. The predicted molar refractivity (Wildman–Crippen MR) is 235 cm³/mol. The maximum absolute atomic E-state index is 8.99. The van der Waals surface area contributed by atoms with Crippen LogP contribution < -0.4 is 25.5 Å². The highest BCUT2D eigenvalue weighted by Crippen LogP contribution is 2.51. The Morgan fingerprint density at radius 3 is 1.80 bits per heavy atom. The summed E-state index contributed by atoms with van der Waals surface area (Å²) in [6.45, 7) is -14.6. The highest BCUT2D eigenvalue weighted by Gasteiger charge is 2.46. The number of benzene rings is 6. The van der Waals surface area contributed by atoms with Gasteiger partial charge in [0.1, 0.15) is 11.2 Å². The third-order valence-electron chi connectivity index (χ3n) is 10.8. The molecular weight excluding hydrogens is 675 g/mol. The van der Waals surface area contributed by atoms with E-state index in [4.69, 9.17) is 33.2 Å². The van der Waals surface area contributed by atoms with Gasteiger partial charge in [-0.05, 0) is 167 Å². The Balaban J connectivity index is 1.49. The maximum atomic E-state index is 8.99. The van der Waals surface area contributed by atoms with E-state index < -0.39 is 71.4 Å². The first-order chi connectivity index (χ1) is 34.3. The lowest BCUT2D eigenvalue weighted by Crippen LogP contribution is -2.60. The van der Waals surface area contributed by atoms with Gasteiger partial charge in [0.25, 0.3) is 6.71 Å². The second-order valence-electron chi connectivity index (χ2n) is 14.6. The van der Waals surface area contributed by atoms with Gasteiger partial charge in [-0.15, -0.1) is 11.3 Å². The molecule has 266 valence electrons. The molecular formula is C49H45BN2OS. The number of hydrogen-bond donors (Lipinski definition) is 0. The second-order valence-corrected chi connectivity index (χ2v) is 15.7. The molecule has 2 aliphatic heterocycles. The van der Waals surface area contributed by atoms with Crippen LogP contribution in [-0.4, -0.2) is 6.71 Å². The van der Waals surface area contributed by atoms with E-state index in [0.717, 1.165) is 6.07 Å². The zero-order valence-electron chi connectivity index (χ0n) is 50.7. The van der Waals surface area contributed by atoms with Crippen molar-refractivity contribution >= 4 is 99.9 Å². The summed E-state index contributed by atoms with van der Waals surface area (Å²) in [5.74, 6) is 0. The molecule has 2 aliphatic rings. The third-order valence-corrected chi connectivity index (χ3v) is 12.2. The molecule has 0 fully saturated rings. The fourth-order valence-corrected chi connectivity index (χ4v) is 10.2. The lowest BCUT2D eigenvalue weighted by molar-refractivity contribution is 0.666. The van der Waals surface area contributed by atoms with Gasteiger partial charge in [-0.2, -0.15) is 0 Å². The van der Waals surface area contributed by atoms with Gasteiger partial charge >= 0.3 is 0 Å². The first-order valence-electron chi connectivity index (χ1n) is 28.0. The minimum atomic E-state index is -3.03. The number of rotatable bonds is 2. The second kappa shape index (κ2) is 11.4. The van der Waals surface area contributed by atoms with Crippen molar-refractivity contribution in [2.45, 2.75) is 75.7 Å². The Morgan fingerprint density at radius 1 is 0.500 bits per heavy atom. The van der Waals surface area contributed by atoms with Crippen LogP contribution in [0.1, 0.15) is 90.0 Å². The number of thiophene rings is 1. The van der Waals surface area contributed by atoms with Gasteiger partial charge in [-0.1, -0.05) is 53.1 Å². The number of nitrogens with zero attached hydrogens (tertiary/aromatic N) is 2. The molecule has 0 spiro atoms. The molecule has 0 amide bonds. The molecule has 3 nitrogen and oxygen atoms in total. The van der Waals surface area contributed by atoms with E-state index >= 15 is 0 Å². The Hall–Kier alpha value is -5.26. The van der Waals surface area contributed by atoms with E-state index in [-0.39, 0.29) is 78.6 Å². The predicted octanol–water partition coefficient (Wildman–Crippen LogP) is 12.3. The average Bonchev–Trinajstić information content (AvgIpc) is 3.81. The maximum Gasteiger partial charge on any atom is 0.264 e. The summed E-state index contributed by atoms with van der Waals surface area (Å²) in [5, 5.41) is 1.06. The number of fused-ring (bicyclic) bond motifs is 9. The van der Waals surface area contributed by atoms with Crippen LogP contribution in [0, 0.1) is 75.7 Å². The highest BCUT2D eigenvalue weighted by molar-refractivity contribution is 7.34. The van der Waals surface area contributed by atoms with Crippen molar-refractivity contribution < 1.29 is 33.2 Å². The monoisotopic (exact) mass is 741 g/mol. The molecule has 0 saturated carbocycles. The molecule has 10 rings (SSSR count). The fourth-order valence-electron chi connectivity index (χ4n) is 8.84. The molecule has 0 unspecified atom stereocenters. The van der Waals surface area contributed by atoms with E-state index in [2.05, 4.69) is 0 Å². The normalized spacial score (nSPS) is 20.7. The van der Waals surface area contributed by atoms with E-state index in [9.17, 15) is 0 Å². The molecule has 2 aromatic heterocycles. The average molecular weight is 742 g/mol. The van der Waals surface area contributed by atoms with Gasteiger partial charge in [0.15, 0.2) is 0 Å². The summed E-state index contributed by atoms with van der Waals surface area (Å²) in [7, 11) is 0. The largest absolute Gasteiger partial charge is 0.456 e. The van der Waals surface area contributed by atoms with Crippen LogP contribution in [-0.2, 0) is 0 Å². The number of anilines is 6. The van der Waals surface area contributed by atoms with Crippen LogP contribution in [0.15, 0.2) is 77.2 Å². The summed E-state index contributed by atoms with van der Waals surface area (Å²) >= 11 is 1.24. The summed E-state index contributed by atoms with van der Waals surface area (Å²) in [4.78, 5) is 2.95. The molecule has 0 saturated heterocycles. The van der Waals surface area contributed by atoms with Crippen molar-refractivity contribution in [3.8, 4) is 0 Å². The SMILES string of the molecule is [2H]C([2H])([2H])c1cc2c3c(c1)N(c1c(C)cc(C([2H])([2H])[2H])cc1C([2H])([2H])[2H])c1c(sc4c(C)cc(C([2H])([2H])[2H])cc14)B3c1cc3oc4c(C([2H])([2H])[2H])cc(C)cc4c3cc1N2c1c(C([2H])([2H])[2H])cc(C)cc1C([2H])([2H])[2H]. The summed E-state index contributed by atoms with van der Waals surface area (Å²) in [6.07, 6.45) is 0. The van der Waals surface area contributed by atoms with Gasteiger partial charge in [0.2, 0.25) is 0 Å². The fraction of sp³-hybridized carbons (Fsp3) is 0.224. The van der Waals surface area contributed by atoms with Crippen LogP contribution in [0.5, 0.6) is 0 Å². The quantitative estimate of drug-likeness (QED) is 0.165. The van der Waals surface area contributed by atoms with Gasteiger partial charge in [-0.25, -0.2) is 0 Å².